The van der Waals surface area contributed by atoms with E-state index in [-0.39, 0.29) is 5.60 Å². The van der Waals surface area contributed by atoms with Crippen LogP contribution in [0.2, 0.25) is 0 Å². The van der Waals surface area contributed by atoms with E-state index in [4.69, 9.17) is 4.74 Å². The summed E-state index contributed by atoms with van der Waals surface area (Å²) in [6, 6.07) is 4.32. The van der Waals surface area contributed by atoms with Crippen molar-refractivity contribution in [2.75, 3.05) is 7.05 Å². The molecule has 3 heteroatoms. The van der Waals surface area contributed by atoms with Crippen LogP contribution >= 0.6 is 0 Å². The highest BCUT2D eigenvalue weighted by Gasteiger charge is 2.42. The van der Waals surface area contributed by atoms with E-state index in [1.54, 1.807) is 0 Å². The summed E-state index contributed by atoms with van der Waals surface area (Å²) in [6.45, 7) is 1.95. The van der Waals surface area contributed by atoms with Crippen LogP contribution in [0.15, 0.2) is 18.3 Å². The number of hydrogen-bond acceptors (Lipinski definition) is 2. The molecule has 3 nitrogen and oxygen atoms in total. The van der Waals surface area contributed by atoms with Crippen LogP contribution in [0.3, 0.4) is 0 Å². The maximum Gasteiger partial charge on any atom is 0.0762 e. The Balaban J connectivity index is 1.62. The van der Waals surface area contributed by atoms with E-state index in [1.165, 1.54) is 44.2 Å². The zero-order valence-electron chi connectivity index (χ0n) is 11.3. The molecule has 2 aliphatic rings. The van der Waals surface area contributed by atoms with Gasteiger partial charge in [0.2, 0.25) is 0 Å². The summed E-state index contributed by atoms with van der Waals surface area (Å²) in [5.41, 5.74) is 1.62. The van der Waals surface area contributed by atoms with Gasteiger partial charge >= 0.3 is 0 Å². The average Bonchev–Trinajstić information content (AvgIpc) is 3.06. The molecule has 3 rings (SSSR count). The predicted molar refractivity (Wildman–Crippen MR) is 72.5 cm³/mol. The number of aromatic nitrogens is 1. The van der Waals surface area contributed by atoms with Crippen LogP contribution in [0, 0.1) is 0 Å². The first kappa shape index (κ1) is 12.2. The molecular weight excluding hydrogens is 224 g/mol. The molecule has 1 saturated carbocycles. The molecule has 1 aliphatic heterocycles. The fourth-order valence-electron chi connectivity index (χ4n) is 3.60. The highest BCUT2D eigenvalue weighted by molar-refractivity contribution is 5.07. The molecule has 0 amide bonds. The minimum Gasteiger partial charge on any atom is -0.370 e. The third-order valence-corrected chi connectivity index (χ3v) is 4.54. The Morgan fingerprint density at radius 3 is 3.00 bits per heavy atom. The number of rotatable bonds is 4. The molecule has 18 heavy (non-hydrogen) atoms. The summed E-state index contributed by atoms with van der Waals surface area (Å²) < 4.78 is 8.72. The molecule has 1 aliphatic carbocycles. The summed E-state index contributed by atoms with van der Waals surface area (Å²) in [7, 11) is 2.00. The number of hydrogen-bond donors (Lipinski definition) is 1. The SMILES string of the molecule is CNCc1cccn1CC1CCC2(CCCC2)O1. The van der Waals surface area contributed by atoms with Gasteiger partial charge in [-0.1, -0.05) is 12.8 Å². The van der Waals surface area contributed by atoms with Crippen LogP contribution in [0.1, 0.15) is 44.2 Å². The normalized spacial score (nSPS) is 26.2. The van der Waals surface area contributed by atoms with E-state index in [0.717, 1.165) is 13.1 Å². The minimum absolute atomic E-state index is 0.265. The van der Waals surface area contributed by atoms with Gasteiger partial charge in [-0.2, -0.15) is 0 Å². The Hall–Kier alpha value is -0.800. The zero-order chi connectivity index (χ0) is 12.4. The van der Waals surface area contributed by atoms with Gasteiger partial charge in [-0.05, 0) is 44.9 Å². The summed E-state index contributed by atoms with van der Waals surface area (Å²) in [5, 5.41) is 3.22. The largest absolute Gasteiger partial charge is 0.370 e. The van der Waals surface area contributed by atoms with Gasteiger partial charge < -0.3 is 14.6 Å². The van der Waals surface area contributed by atoms with E-state index >= 15 is 0 Å². The van der Waals surface area contributed by atoms with Crippen molar-refractivity contribution in [1.82, 2.24) is 9.88 Å². The number of nitrogens with zero attached hydrogens (tertiary/aromatic N) is 1. The third kappa shape index (κ3) is 2.34. The van der Waals surface area contributed by atoms with Gasteiger partial charge in [0, 0.05) is 25.0 Å². The van der Waals surface area contributed by atoms with Crippen LogP contribution in [0.5, 0.6) is 0 Å². The topological polar surface area (TPSA) is 26.2 Å². The summed E-state index contributed by atoms with van der Waals surface area (Å²) in [5.74, 6) is 0. The summed E-state index contributed by atoms with van der Waals surface area (Å²) >= 11 is 0. The van der Waals surface area contributed by atoms with E-state index in [1.807, 2.05) is 7.05 Å². The van der Waals surface area contributed by atoms with Crippen LogP contribution in [0.25, 0.3) is 0 Å². The lowest BCUT2D eigenvalue weighted by Gasteiger charge is -2.24. The van der Waals surface area contributed by atoms with Crippen LogP contribution < -0.4 is 5.32 Å². The Bertz CT molecular complexity index is 393. The molecule has 0 aromatic carbocycles. The molecule has 1 aromatic heterocycles. The monoisotopic (exact) mass is 248 g/mol. The molecule has 1 unspecified atom stereocenters. The van der Waals surface area contributed by atoms with Crippen LogP contribution in [-0.2, 0) is 17.8 Å². The number of nitrogens with one attached hydrogen (secondary N) is 1. The van der Waals surface area contributed by atoms with Gasteiger partial charge in [-0.15, -0.1) is 0 Å². The quantitative estimate of drug-likeness (QED) is 0.886. The van der Waals surface area contributed by atoms with Crippen molar-refractivity contribution in [3.63, 3.8) is 0 Å². The van der Waals surface area contributed by atoms with Gasteiger partial charge in [-0.25, -0.2) is 0 Å². The van der Waals surface area contributed by atoms with Crippen molar-refractivity contribution in [1.29, 1.82) is 0 Å². The molecule has 1 saturated heterocycles. The average molecular weight is 248 g/mol. The molecule has 100 valence electrons. The highest BCUT2D eigenvalue weighted by Crippen LogP contribution is 2.43. The lowest BCUT2D eigenvalue weighted by atomic mass is 9.98. The first-order valence-corrected chi connectivity index (χ1v) is 7.28. The molecule has 1 atom stereocenters. The highest BCUT2D eigenvalue weighted by atomic mass is 16.5. The van der Waals surface area contributed by atoms with E-state index in [0.29, 0.717) is 6.10 Å². The van der Waals surface area contributed by atoms with Crippen molar-refractivity contribution >= 4 is 0 Å². The second-order valence-electron chi connectivity index (χ2n) is 5.85. The first-order chi connectivity index (χ1) is 8.81. The minimum atomic E-state index is 0.265. The predicted octanol–water partition coefficient (Wildman–Crippen LogP) is 2.70. The van der Waals surface area contributed by atoms with Crippen molar-refractivity contribution in [3.05, 3.63) is 24.0 Å². The Labute approximate surface area is 110 Å². The standard InChI is InChI=1S/C15H24N2O/c1-16-11-13-5-4-10-17(13)12-14-6-9-15(18-14)7-2-3-8-15/h4-5,10,14,16H,2-3,6-9,11-12H2,1H3. The lowest BCUT2D eigenvalue weighted by Crippen LogP contribution is -2.27. The van der Waals surface area contributed by atoms with Crippen molar-refractivity contribution in [2.24, 2.45) is 0 Å². The van der Waals surface area contributed by atoms with Crippen molar-refractivity contribution in [2.45, 2.75) is 63.3 Å². The summed E-state index contributed by atoms with van der Waals surface area (Å²) in [4.78, 5) is 0. The first-order valence-electron chi connectivity index (χ1n) is 7.28. The van der Waals surface area contributed by atoms with Crippen molar-refractivity contribution < 1.29 is 4.74 Å². The van der Waals surface area contributed by atoms with Gasteiger partial charge in [0.05, 0.1) is 11.7 Å². The smallest absolute Gasteiger partial charge is 0.0762 e. The molecule has 1 N–H and O–H groups in total. The van der Waals surface area contributed by atoms with Gasteiger partial charge in [-0.3, -0.25) is 0 Å². The molecule has 2 heterocycles. The third-order valence-electron chi connectivity index (χ3n) is 4.54. The lowest BCUT2D eigenvalue weighted by molar-refractivity contribution is -0.0420. The van der Waals surface area contributed by atoms with E-state index in [2.05, 4.69) is 28.2 Å². The molecule has 0 bridgehead atoms. The second kappa shape index (κ2) is 5.06. The summed E-state index contributed by atoms with van der Waals surface area (Å²) in [6.07, 6.45) is 10.4. The van der Waals surface area contributed by atoms with Crippen molar-refractivity contribution in [3.8, 4) is 0 Å². The molecule has 1 spiro atoms. The van der Waals surface area contributed by atoms with Gasteiger partial charge in [0.1, 0.15) is 0 Å². The van der Waals surface area contributed by atoms with Crippen LogP contribution in [0.4, 0.5) is 0 Å². The Kier molecular flexibility index (Phi) is 3.44. The fraction of sp³-hybridized carbons (Fsp3) is 0.733. The van der Waals surface area contributed by atoms with Crippen LogP contribution in [-0.4, -0.2) is 23.3 Å². The molecular formula is C15H24N2O. The maximum atomic E-state index is 6.38. The van der Waals surface area contributed by atoms with E-state index < -0.39 is 0 Å². The second-order valence-corrected chi connectivity index (χ2v) is 5.85. The molecule has 1 aromatic rings. The molecule has 0 radical (unpaired) electrons. The van der Waals surface area contributed by atoms with E-state index in [9.17, 15) is 0 Å². The van der Waals surface area contributed by atoms with Gasteiger partial charge in [0.15, 0.2) is 0 Å². The zero-order valence-corrected chi connectivity index (χ0v) is 11.3. The fourth-order valence-corrected chi connectivity index (χ4v) is 3.60. The Morgan fingerprint density at radius 2 is 2.22 bits per heavy atom. The Morgan fingerprint density at radius 1 is 1.39 bits per heavy atom. The number of ether oxygens (including phenoxy) is 1. The molecule has 2 fully saturated rings. The van der Waals surface area contributed by atoms with Gasteiger partial charge in [0.25, 0.3) is 0 Å². The maximum absolute atomic E-state index is 6.38.